The van der Waals surface area contributed by atoms with E-state index in [0.717, 1.165) is 11.6 Å². The smallest absolute Gasteiger partial charge is 0.253 e. The van der Waals surface area contributed by atoms with Crippen LogP contribution in [0.25, 0.3) is 0 Å². The Morgan fingerprint density at radius 2 is 1.84 bits per heavy atom. The van der Waals surface area contributed by atoms with Gasteiger partial charge in [-0.15, -0.1) is 0 Å². The lowest BCUT2D eigenvalue weighted by Crippen LogP contribution is -2.42. The first-order valence-corrected chi connectivity index (χ1v) is 9.33. The molecule has 1 aliphatic heterocycles. The van der Waals surface area contributed by atoms with Gasteiger partial charge in [-0.3, -0.25) is 14.5 Å². The molecule has 1 saturated carbocycles. The highest BCUT2D eigenvalue weighted by Gasteiger charge is 2.40. The van der Waals surface area contributed by atoms with E-state index in [0.29, 0.717) is 24.2 Å². The molecule has 0 radical (unpaired) electrons. The van der Waals surface area contributed by atoms with Gasteiger partial charge in [-0.2, -0.15) is 0 Å². The molecule has 3 atom stereocenters. The number of nitrogens with one attached hydrogen (secondary N) is 1. The van der Waals surface area contributed by atoms with Crippen LogP contribution in [0.15, 0.2) is 24.3 Å². The van der Waals surface area contributed by atoms with Crippen LogP contribution in [-0.4, -0.2) is 54.3 Å². The van der Waals surface area contributed by atoms with Crippen molar-refractivity contribution < 1.29 is 9.59 Å². The fraction of sp³-hybridized carbons (Fsp3) is 0.600. The van der Waals surface area contributed by atoms with E-state index in [-0.39, 0.29) is 11.8 Å². The van der Waals surface area contributed by atoms with Crippen LogP contribution in [-0.2, 0) is 4.79 Å². The van der Waals surface area contributed by atoms with E-state index in [1.54, 1.807) is 43.3 Å². The molecule has 1 saturated heterocycles. The number of fused-ring (bicyclic) bond motifs is 1. The maximum atomic E-state index is 12.5. The zero-order valence-electron chi connectivity index (χ0n) is 15.5. The third-order valence-corrected chi connectivity index (χ3v) is 5.65. The highest BCUT2D eigenvalue weighted by molar-refractivity contribution is 5.96. The van der Waals surface area contributed by atoms with Gasteiger partial charge in [0.05, 0.1) is 6.54 Å². The van der Waals surface area contributed by atoms with Crippen LogP contribution in [0.1, 0.15) is 49.4 Å². The molecule has 2 fully saturated rings. The van der Waals surface area contributed by atoms with Crippen LogP contribution in [0.5, 0.6) is 0 Å². The molecular formula is C20H29N3O2. The molecule has 2 amide bonds. The van der Waals surface area contributed by atoms with Crippen molar-refractivity contribution in [1.29, 1.82) is 0 Å². The summed E-state index contributed by atoms with van der Waals surface area (Å²) < 4.78 is 0. The number of amides is 2. The van der Waals surface area contributed by atoms with Crippen molar-refractivity contribution in [1.82, 2.24) is 9.80 Å². The number of hydrogen-bond acceptors (Lipinski definition) is 3. The van der Waals surface area contributed by atoms with E-state index < -0.39 is 0 Å². The lowest BCUT2D eigenvalue weighted by Gasteiger charge is -2.32. The summed E-state index contributed by atoms with van der Waals surface area (Å²) in [4.78, 5) is 28.3. The molecule has 1 heterocycles. The number of likely N-dealkylation sites (tertiary alicyclic amines) is 1. The summed E-state index contributed by atoms with van der Waals surface area (Å²) in [6.45, 7) is 2.70. The van der Waals surface area contributed by atoms with Gasteiger partial charge in [-0.05, 0) is 56.4 Å². The summed E-state index contributed by atoms with van der Waals surface area (Å²) >= 11 is 0. The first kappa shape index (κ1) is 17.9. The van der Waals surface area contributed by atoms with Crippen LogP contribution in [0, 0.1) is 5.92 Å². The van der Waals surface area contributed by atoms with Crippen molar-refractivity contribution in [2.24, 2.45) is 5.92 Å². The molecular weight excluding hydrogens is 314 g/mol. The molecule has 0 bridgehead atoms. The molecule has 0 aromatic heterocycles. The molecule has 1 aromatic rings. The van der Waals surface area contributed by atoms with E-state index in [2.05, 4.69) is 17.1 Å². The molecule has 5 heteroatoms. The maximum Gasteiger partial charge on any atom is 0.253 e. The molecule has 3 rings (SSSR count). The number of rotatable bonds is 4. The highest BCUT2D eigenvalue weighted by atomic mass is 16.2. The quantitative estimate of drug-likeness (QED) is 0.914. The second-order valence-corrected chi connectivity index (χ2v) is 7.69. The third-order valence-electron chi connectivity index (χ3n) is 5.65. The Bertz CT molecular complexity index is 626. The van der Waals surface area contributed by atoms with Crippen LogP contribution >= 0.6 is 0 Å². The molecule has 25 heavy (non-hydrogen) atoms. The Morgan fingerprint density at radius 3 is 2.52 bits per heavy atom. The molecule has 1 N–H and O–H groups in total. The van der Waals surface area contributed by atoms with Crippen LogP contribution in [0.4, 0.5) is 5.69 Å². The Morgan fingerprint density at radius 1 is 1.16 bits per heavy atom. The van der Waals surface area contributed by atoms with Crippen molar-refractivity contribution >= 4 is 17.5 Å². The van der Waals surface area contributed by atoms with Gasteiger partial charge < -0.3 is 10.2 Å². The van der Waals surface area contributed by atoms with Gasteiger partial charge in [0, 0.05) is 37.4 Å². The van der Waals surface area contributed by atoms with Crippen molar-refractivity contribution in [2.45, 2.75) is 51.1 Å². The molecule has 5 nitrogen and oxygen atoms in total. The summed E-state index contributed by atoms with van der Waals surface area (Å²) in [5, 5.41) is 2.97. The SMILES string of the molecule is C[C@@H]1C[C@H]2CCCC[C@H]2N1CC(=O)Nc1ccc(C(=O)N(C)C)cc1. The number of hydrogen-bond donors (Lipinski definition) is 1. The predicted molar refractivity (Wildman–Crippen MR) is 99.6 cm³/mol. The Labute approximate surface area is 150 Å². The third kappa shape index (κ3) is 4.03. The molecule has 2 aliphatic rings. The van der Waals surface area contributed by atoms with E-state index in [9.17, 15) is 9.59 Å². The zero-order chi connectivity index (χ0) is 18.0. The maximum absolute atomic E-state index is 12.5. The minimum atomic E-state index is -0.0351. The Balaban J connectivity index is 1.58. The minimum absolute atomic E-state index is 0.0322. The molecule has 1 aromatic carbocycles. The lowest BCUT2D eigenvalue weighted by molar-refractivity contribution is -0.118. The lowest BCUT2D eigenvalue weighted by atomic mass is 9.85. The number of carbonyl (C=O) groups is 2. The average molecular weight is 343 g/mol. The molecule has 0 unspecified atom stereocenters. The van der Waals surface area contributed by atoms with Crippen LogP contribution in [0.2, 0.25) is 0 Å². The van der Waals surface area contributed by atoms with Crippen molar-refractivity contribution in [2.75, 3.05) is 26.0 Å². The Hall–Kier alpha value is -1.88. The fourth-order valence-corrected chi connectivity index (χ4v) is 4.39. The van der Waals surface area contributed by atoms with Crippen molar-refractivity contribution in [3.63, 3.8) is 0 Å². The summed E-state index contributed by atoms with van der Waals surface area (Å²) in [5.74, 6) is 0.768. The number of anilines is 1. The topological polar surface area (TPSA) is 52.7 Å². The summed E-state index contributed by atoms with van der Waals surface area (Å²) in [6, 6.07) is 8.17. The van der Waals surface area contributed by atoms with Crippen molar-refractivity contribution in [3.05, 3.63) is 29.8 Å². The molecule has 1 aliphatic carbocycles. The first-order valence-electron chi connectivity index (χ1n) is 9.33. The van der Waals surface area contributed by atoms with Gasteiger partial charge in [0.2, 0.25) is 5.91 Å². The fourth-order valence-electron chi connectivity index (χ4n) is 4.39. The minimum Gasteiger partial charge on any atom is -0.345 e. The second kappa shape index (κ2) is 7.56. The largest absolute Gasteiger partial charge is 0.345 e. The van der Waals surface area contributed by atoms with Gasteiger partial charge in [-0.1, -0.05) is 12.8 Å². The summed E-state index contributed by atoms with van der Waals surface area (Å²) in [7, 11) is 3.46. The van der Waals surface area contributed by atoms with Gasteiger partial charge in [0.25, 0.3) is 5.91 Å². The van der Waals surface area contributed by atoms with Gasteiger partial charge in [0.1, 0.15) is 0 Å². The van der Waals surface area contributed by atoms with E-state index in [1.807, 2.05) is 0 Å². The van der Waals surface area contributed by atoms with E-state index in [1.165, 1.54) is 32.1 Å². The first-order chi connectivity index (χ1) is 12.0. The standard InChI is InChI=1S/C20H29N3O2/c1-14-12-16-6-4-5-7-18(16)23(14)13-19(24)21-17-10-8-15(9-11-17)20(25)22(2)3/h8-11,14,16,18H,4-7,12-13H2,1-3H3,(H,21,24)/t14-,16-,18-/m1/s1. The number of nitrogens with zero attached hydrogens (tertiary/aromatic N) is 2. The average Bonchev–Trinajstić information content (AvgIpc) is 2.90. The number of carbonyl (C=O) groups excluding carboxylic acids is 2. The van der Waals surface area contributed by atoms with Crippen LogP contribution < -0.4 is 5.32 Å². The van der Waals surface area contributed by atoms with Crippen molar-refractivity contribution in [3.8, 4) is 0 Å². The molecule has 136 valence electrons. The monoisotopic (exact) mass is 343 g/mol. The molecule has 0 spiro atoms. The summed E-state index contributed by atoms with van der Waals surface area (Å²) in [6.07, 6.45) is 6.39. The van der Waals surface area contributed by atoms with Gasteiger partial charge in [0.15, 0.2) is 0 Å². The van der Waals surface area contributed by atoms with Gasteiger partial charge >= 0.3 is 0 Å². The second-order valence-electron chi connectivity index (χ2n) is 7.69. The number of benzene rings is 1. The predicted octanol–water partition coefficient (Wildman–Crippen LogP) is 2.98. The van der Waals surface area contributed by atoms with E-state index >= 15 is 0 Å². The zero-order valence-corrected chi connectivity index (χ0v) is 15.5. The highest BCUT2D eigenvalue weighted by Crippen LogP contribution is 2.39. The van der Waals surface area contributed by atoms with Crippen LogP contribution in [0.3, 0.4) is 0 Å². The normalized spacial score (nSPS) is 26.1. The Kier molecular flexibility index (Phi) is 5.42. The van der Waals surface area contributed by atoms with E-state index in [4.69, 9.17) is 0 Å². The summed E-state index contributed by atoms with van der Waals surface area (Å²) in [5.41, 5.74) is 1.37. The van der Waals surface area contributed by atoms with Gasteiger partial charge in [-0.25, -0.2) is 0 Å².